The van der Waals surface area contributed by atoms with E-state index in [9.17, 15) is 14.4 Å². The predicted octanol–water partition coefficient (Wildman–Crippen LogP) is 15.5. The summed E-state index contributed by atoms with van der Waals surface area (Å²) < 4.78 is 16.7. The summed E-state index contributed by atoms with van der Waals surface area (Å²) in [6.45, 7) is 6.48. The van der Waals surface area contributed by atoms with Gasteiger partial charge in [0, 0.05) is 19.3 Å². The van der Waals surface area contributed by atoms with Crippen molar-refractivity contribution in [3.63, 3.8) is 0 Å². The van der Waals surface area contributed by atoms with E-state index in [1.165, 1.54) is 64.2 Å². The van der Waals surface area contributed by atoms with Crippen LogP contribution in [-0.2, 0) is 28.6 Å². The van der Waals surface area contributed by atoms with Crippen LogP contribution in [0.2, 0.25) is 0 Å². The Morgan fingerprint density at radius 3 is 1.07 bits per heavy atom. The maximum atomic E-state index is 12.7. The van der Waals surface area contributed by atoms with Crippen LogP contribution in [0.15, 0.2) is 72.9 Å². The van der Waals surface area contributed by atoms with E-state index in [1.54, 1.807) is 0 Å². The molecule has 1 atom stereocenters. The smallest absolute Gasteiger partial charge is 0.306 e. The topological polar surface area (TPSA) is 78.9 Å². The molecule has 332 valence electrons. The second-order valence-electron chi connectivity index (χ2n) is 15.7. The van der Waals surface area contributed by atoms with E-state index in [0.717, 1.165) is 116 Å². The molecular formula is C52H88O6. The third-order valence-electron chi connectivity index (χ3n) is 10.00. The third kappa shape index (κ3) is 44.0. The van der Waals surface area contributed by atoms with Crippen LogP contribution in [0.4, 0.5) is 0 Å². The minimum absolute atomic E-state index is 0.0934. The Morgan fingerprint density at radius 2 is 0.655 bits per heavy atom. The first kappa shape index (κ1) is 54.9. The van der Waals surface area contributed by atoms with Crippen molar-refractivity contribution in [2.45, 2.75) is 226 Å². The molecule has 0 radical (unpaired) electrons. The molecule has 0 fully saturated rings. The van der Waals surface area contributed by atoms with Crippen LogP contribution in [0.5, 0.6) is 0 Å². The van der Waals surface area contributed by atoms with Crippen LogP contribution in [0, 0.1) is 0 Å². The Kier molecular flexibility index (Phi) is 44.0. The molecule has 0 amide bonds. The van der Waals surface area contributed by atoms with Crippen LogP contribution >= 0.6 is 0 Å². The number of rotatable bonds is 42. The van der Waals surface area contributed by atoms with E-state index in [2.05, 4.69) is 93.7 Å². The van der Waals surface area contributed by atoms with Crippen molar-refractivity contribution in [3.05, 3.63) is 72.9 Å². The van der Waals surface area contributed by atoms with Gasteiger partial charge in [0.2, 0.25) is 0 Å². The van der Waals surface area contributed by atoms with E-state index in [4.69, 9.17) is 14.2 Å². The molecule has 0 aliphatic carbocycles. The third-order valence-corrected chi connectivity index (χ3v) is 10.00. The Hall–Kier alpha value is -3.15. The molecule has 0 rings (SSSR count). The number of carbonyl (C=O) groups excluding carboxylic acids is 3. The summed E-state index contributed by atoms with van der Waals surface area (Å²) in [6.07, 6.45) is 57.3. The van der Waals surface area contributed by atoms with Gasteiger partial charge in [-0.05, 0) is 89.9 Å². The van der Waals surface area contributed by atoms with Gasteiger partial charge in [-0.2, -0.15) is 0 Å². The predicted molar refractivity (Wildman–Crippen MR) is 247 cm³/mol. The minimum Gasteiger partial charge on any atom is -0.462 e. The number of allylic oxidation sites excluding steroid dienone is 12. The highest BCUT2D eigenvalue weighted by atomic mass is 16.6. The minimum atomic E-state index is -0.792. The number of hydrogen-bond acceptors (Lipinski definition) is 6. The first-order valence-corrected chi connectivity index (χ1v) is 24.0. The van der Waals surface area contributed by atoms with Crippen LogP contribution in [0.25, 0.3) is 0 Å². The van der Waals surface area contributed by atoms with E-state index in [-0.39, 0.29) is 31.1 Å². The maximum absolute atomic E-state index is 12.7. The number of unbranched alkanes of at least 4 members (excludes halogenated alkanes) is 22. The quantitative estimate of drug-likeness (QED) is 0.0201. The molecule has 0 N–H and O–H groups in total. The zero-order valence-electron chi connectivity index (χ0n) is 37.8. The Labute approximate surface area is 357 Å². The van der Waals surface area contributed by atoms with Crippen LogP contribution in [0.1, 0.15) is 220 Å². The van der Waals surface area contributed by atoms with E-state index < -0.39 is 6.10 Å². The number of ether oxygens (including phenoxy) is 3. The highest BCUT2D eigenvalue weighted by Crippen LogP contribution is 2.13. The lowest BCUT2D eigenvalue weighted by molar-refractivity contribution is -0.167. The molecular weight excluding hydrogens is 721 g/mol. The summed E-state index contributed by atoms with van der Waals surface area (Å²) in [5, 5.41) is 0. The summed E-state index contributed by atoms with van der Waals surface area (Å²) in [7, 11) is 0. The molecule has 0 bridgehead atoms. The lowest BCUT2D eigenvalue weighted by Gasteiger charge is -2.18. The molecule has 6 nitrogen and oxygen atoms in total. The van der Waals surface area contributed by atoms with Crippen molar-refractivity contribution in [1.82, 2.24) is 0 Å². The van der Waals surface area contributed by atoms with Gasteiger partial charge in [-0.15, -0.1) is 0 Å². The standard InChI is InChI=1S/C52H88O6/c1-4-7-10-13-16-19-22-24-25-26-27-28-29-31-33-36-39-42-45-51(54)57-48-49(47-56-50(53)44-41-38-35-32-21-18-15-12-9-6-3)58-52(55)46-43-40-37-34-30-23-20-17-14-11-8-5-2/h15-20,22,24-28,49H,4-14,21,23,29-48H2,1-3H3/b18-15-,19-16-,20-17-,24-22-,26-25-,28-27-. The van der Waals surface area contributed by atoms with Crippen molar-refractivity contribution in [2.75, 3.05) is 13.2 Å². The van der Waals surface area contributed by atoms with Gasteiger partial charge in [0.15, 0.2) is 6.10 Å². The van der Waals surface area contributed by atoms with Gasteiger partial charge in [0.05, 0.1) is 0 Å². The fourth-order valence-electron chi connectivity index (χ4n) is 6.31. The molecule has 0 aromatic carbocycles. The molecule has 0 aliphatic rings. The average molecular weight is 809 g/mol. The van der Waals surface area contributed by atoms with Crippen molar-refractivity contribution >= 4 is 17.9 Å². The molecule has 0 aromatic rings. The van der Waals surface area contributed by atoms with Crippen molar-refractivity contribution in [2.24, 2.45) is 0 Å². The fraction of sp³-hybridized carbons (Fsp3) is 0.712. The van der Waals surface area contributed by atoms with Gasteiger partial charge in [-0.25, -0.2) is 0 Å². The Bertz CT molecular complexity index is 1110. The SMILES string of the molecule is CCCC/C=C\CCCCCCC(=O)OCC(COC(=O)CCCCCCC\C=C/C=C\C=C/C=C\CCCCC)OC(=O)CCCCCCC/C=C\CCCCC. The number of hydrogen-bond donors (Lipinski definition) is 0. The molecule has 0 aliphatic heterocycles. The largest absolute Gasteiger partial charge is 0.462 e. The van der Waals surface area contributed by atoms with Gasteiger partial charge in [-0.3, -0.25) is 14.4 Å². The van der Waals surface area contributed by atoms with Crippen molar-refractivity contribution in [1.29, 1.82) is 0 Å². The van der Waals surface area contributed by atoms with Gasteiger partial charge >= 0.3 is 17.9 Å². The first-order chi connectivity index (χ1) is 28.5. The zero-order chi connectivity index (χ0) is 42.3. The normalized spacial score (nSPS) is 12.7. The lowest BCUT2D eigenvalue weighted by atomic mass is 10.1. The highest BCUT2D eigenvalue weighted by Gasteiger charge is 2.19. The van der Waals surface area contributed by atoms with E-state index >= 15 is 0 Å². The monoisotopic (exact) mass is 809 g/mol. The Morgan fingerprint density at radius 1 is 0.345 bits per heavy atom. The molecule has 0 spiro atoms. The van der Waals surface area contributed by atoms with Crippen LogP contribution < -0.4 is 0 Å². The second kappa shape index (κ2) is 46.5. The van der Waals surface area contributed by atoms with E-state index in [1.807, 2.05) is 0 Å². The number of carbonyl (C=O) groups is 3. The second-order valence-corrected chi connectivity index (χ2v) is 15.7. The summed E-state index contributed by atoms with van der Waals surface area (Å²) in [4.78, 5) is 37.8. The molecule has 0 saturated carbocycles. The molecule has 0 heterocycles. The van der Waals surface area contributed by atoms with Crippen LogP contribution in [-0.4, -0.2) is 37.2 Å². The van der Waals surface area contributed by atoms with Crippen molar-refractivity contribution in [3.8, 4) is 0 Å². The Balaban J connectivity index is 4.42. The number of esters is 3. The summed E-state index contributed by atoms with van der Waals surface area (Å²) in [5.74, 6) is -0.943. The fourth-order valence-corrected chi connectivity index (χ4v) is 6.31. The summed E-state index contributed by atoms with van der Waals surface area (Å²) in [6, 6.07) is 0. The van der Waals surface area contributed by atoms with Gasteiger partial charge in [0.25, 0.3) is 0 Å². The molecule has 6 heteroatoms. The average Bonchev–Trinajstić information content (AvgIpc) is 3.22. The van der Waals surface area contributed by atoms with E-state index in [0.29, 0.717) is 19.3 Å². The molecule has 1 unspecified atom stereocenters. The molecule has 58 heavy (non-hydrogen) atoms. The lowest BCUT2D eigenvalue weighted by Crippen LogP contribution is -2.30. The van der Waals surface area contributed by atoms with Gasteiger partial charge in [0.1, 0.15) is 13.2 Å². The highest BCUT2D eigenvalue weighted by molar-refractivity contribution is 5.71. The zero-order valence-corrected chi connectivity index (χ0v) is 37.8. The maximum Gasteiger partial charge on any atom is 0.306 e. The van der Waals surface area contributed by atoms with Crippen LogP contribution in [0.3, 0.4) is 0 Å². The summed E-state index contributed by atoms with van der Waals surface area (Å²) in [5.41, 5.74) is 0. The molecule has 0 saturated heterocycles. The van der Waals surface area contributed by atoms with Gasteiger partial charge in [-0.1, -0.05) is 184 Å². The first-order valence-electron chi connectivity index (χ1n) is 24.0. The van der Waals surface area contributed by atoms with Crippen molar-refractivity contribution < 1.29 is 28.6 Å². The van der Waals surface area contributed by atoms with Gasteiger partial charge < -0.3 is 14.2 Å². The summed E-state index contributed by atoms with van der Waals surface area (Å²) >= 11 is 0. The molecule has 0 aromatic heterocycles.